The predicted octanol–water partition coefficient (Wildman–Crippen LogP) is 2.18. The van der Waals surface area contributed by atoms with Gasteiger partial charge in [0.05, 0.1) is 11.4 Å². The van der Waals surface area contributed by atoms with Crippen LogP contribution < -0.4 is 14.8 Å². The quantitative estimate of drug-likeness (QED) is 0.705. The monoisotopic (exact) mass is 362 g/mol. The molecule has 2 rings (SSSR count). The maximum absolute atomic E-state index is 12.2. The van der Waals surface area contributed by atoms with Crippen LogP contribution in [0.4, 0.5) is 0 Å². The minimum atomic E-state index is -3.63. The van der Waals surface area contributed by atoms with E-state index in [2.05, 4.69) is 10.0 Å². The Labute approximate surface area is 148 Å². The van der Waals surface area contributed by atoms with E-state index >= 15 is 0 Å². The minimum absolute atomic E-state index is 0.0642. The molecule has 0 aliphatic carbocycles. The van der Waals surface area contributed by atoms with Gasteiger partial charge in [0.1, 0.15) is 12.4 Å². The summed E-state index contributed by atoms with van der Waals surface area (Å²) in [5, 5.41) is 2.71. The predicted molar refractivity (Wildman–Crippen MR) is 96.2 cm³/mol. The van der Waals surface area contributed by atoms with E-state index < -0.39 is 10.0 Å². The first-order valence-corrected chi connectivity index (χ1v) is 9.45. The second-order valence-electron chi connectivity index (χ2n) is 5.72. The SMILES string of the molecule is CC(C)NS(=O)(=O)c1cccc(C(=O)NCCOc2ccccc2)c1. The van der Waals surface area contributed by atoms with E-state index in [0.29, 0.717) is 13.2 Å². The highest BCUT2D eigenvalue weighted by atomic mass is 32.2. The summed E-state index contributed by atoms with van der Waals surface area (Å²) in [5.74, 6) is 0.378. The number of nitrogens with one attached hydrogen (secondary N) is 2. The first kappa shape index (κ1) is 19.0. The van der Waals surface area contributed by atoms with E-state index in [0.717, 1.165) is 5.75 Å². The molecule has 0 saturated heterocycles. The Bertz CT molecular complexity index is 805. The number of hydrogen-bond donors (Lipinski definition) is 2. The number of ether oxygens (including phenoxy) is 1. The third kappa shape index (κ3) is 5.88. The van der Waals surface area contributed by atoms with Gasteiger partial charge < -0.3 is 10.1 Å². The van der Waals surface area contributed by atoms with E-state index in [4.69, 9.17) is 4.74 Å². The van der Waals surface area contributed by atoms with Crippen molar-refractivity contribution in [3.8, 4) is 5.75 Å². The second kappa shape index (κ2) is 8.64. The van der Waals surface area contributed by atoms with Gasteiger partial charge in [-0.25, -0.2) is 13.1 Å². The van der Waals surface area contributed by atoms with Crippen LogP contribution in [0.3, 0.4) is 0 Å². The van der Waals surface area contributed by atoms with Crippen molar-refractivity contribution in [2.75, 3.05) is 13.2 Å². The highest BCUT2D eigenvalue weighted by molar-refractivity contribution is 7.89. The molecule has 0 bridgehead atoms. The number of hydrogen-bond acceptors (Lipinski definition) is 4. The van der Waals surface area contributed by atoms with Crippen molar-refractivity contribution < 1.29 is 17.9 Å². The fourth-order valence-corrected chi connectivity index (χ4v) is 3.43. The Balaban J connectivity index is 1.92. The zero-order valence-corrected chi connectivity index (χ0v) is 15.0. The summed E-state index contributed by atoms with van der Waals surface area (Å²) in [5.41, 5.74) is 0.284. The lowest BCUT2D eigenvalue weighted by molar-refractivity contribution is 0.0947. The number of rotatable bonds is 8. The molecular weight excluding hydrogens is 340 g/mol. The first-order chi connectivity index (χ1) is 11.9. The van der Waals surface area contributed by atoms with Crippen LogP contribution in [0, 0.1) is 0 Å². The Morgan fingerprint density at radius 2 is 1.80 bits per heavy atom. The van der Waals surface area contributed by atoms with Crippen LogP contribution in [-0.2, 0) is 10.0 Å². The average molecular weight is 362 g/mol. The maximum atomic E-state index is 12.2. The third-order valence-electron chi connectivity index (χ3n) is 3.20. The summed E-state index contributed by atoms with van der Waals surface area (Å²) in [4.78, 5) is 12.2. The fourth-order valence-electron chi connectivity index (χ4n) is 2.14. The van der Waals surface area contributed by atoms with Crippen molar-refractivity contribution >= 4 is 15.9 Å². The van der Waals surface area contributed by atoms with Crippen molar-refractivity contribution in [1.29, 1.82) is 0 Å². The molecule has 2 aromatic carbocycles. The van der Waals surface area contributed by atoms with Gasteiger partial charge in [-0.1, -0.05) is 24.3 Å². The molecular formula is C18H22N2O4S. The van der Waals surface area contributed by atoms with Crippen LogP contribution >= 0.6 is 0 Å². The lowest BCUT2D eigenvalue weighted by Gasteiger charge is -2.11. The number of carbonyl (C=O) groups is 1. The number of benzene rings is 2. The molecule has 0 fully saturated rings. The van der Waals surface area contributed by atoms with Gasteiger partial charge in [-0.3, -0.25) is 4.79 Å². The molecule has 134 valence electrons. The lowest BCUT2D eigenvalue weighted by Crippen LogP contribution is -2.31. The molecule has 0 spiro atoms. The molecule has 1 amide bonds. The van der Waals surface area contributed by atoms with Gasteiger partial charge in [-0.05, 0) is 44.2 Å². The smallest absolute Gasteiger partial charge is 0.251 e. The van der Waals surface area contributed by atoms with E-state index in [9.17, 15) is 13.2 Å². The summed E-state index contributed by atoms with van der Waals surface area (Å²) < 4.78 is 32.3. The van der Waals surface area contributed by atoms with Crippen LogP contribution in [-0.4, -0.2) is 33.5 Å². The van der Waals surface area contributed by atoms with Gasteiger partial charge >= 0.3 is 0 Å². The van der Waals surface area contributed by atoms with Crippen LogP contribution in [0.25, 0.3) is 0 Å². The summed E-state index contributed by atoms with van der Waals surface area (Å²) >= 11 is 0. The molecule has 2 N–H and O–H groups in total. The molecule has 6 nitrogen and oxygen atoms in total. The molecule has 0 atom stereocenters. The highest BCUT2D eigenvalue weighted by Crippen LogP contribution is 2.12. The van der Waals surface area contributed by atoms with Gasteiger partial charge in [0, 0.05) is 11.6 Å². The number of carbonyl (C=O) groups excluding carboxylic acids is 1. The first-order valence-electron chi connectivity index (χ1n) is 7.97. The molecule has 25 heavy (non-hydrogen) atoms. The van der Waals surface area contributed by atoms with Crippen molar-refractivity contribution in [2.24, 2.45) is 0 Å². The Morgan fingerprint density at radius 3 is 2.48 bits per heavy atom. The normalized spacial score (nSPS) is 11.3. The summed E-state index contributed by atoms with van der Waals surface area (Å²) in [6.45, 7) is 4.11. The topological polar surface area (TPSA) is 84.5 Å². The van der Waals surface area contributed by atoms with Gasteiger partial charge in [0.25, 0.3) is 5.91 Å². The van der Waals surface area contributed by atoms with Crippen LogP contribution in [0.1, 0.15) is 24.2 Å². The molecule has 0 aromatic heterocycles. The minimum Gasteiger partial charge on any atom is -0.492 e. The van der Waals surface area contributed by atoms with E-state index in [-0.39, 0.29) is 22.4 Å². The molecule has 0 heterocycles. The van der Waals surface area contributed by atoms with Crippen LogP contribution in [0.15, 0.2) is 59.5 Å². The molecule has 2 aromatic rings. The molecule has 0 aliphatic rings. The van der Waals surface area contributed by atoms with Crippen molar-refractivity contribution in [3.63, 3.8) is 0 Å². The van der Waals surface area contributed by atoms with Crippen molar-refractivity contribution in [1.82, 2.24) is 10.0 Å². The van der Waals surface area contributed by atoms with Gasteiger partial charge in [-0.2, -0.15) is 0 Å². The van der Waals surface area contributed by atoms with Crippen LogP contribution in [0.5, 0.6) is 5.75 Å². The summed E-state index contributed by atoms with van der Waals surface area (Å²) in [7, 11) is -3.63. The zero-order valence-electron chi connectivity index (χ0n) is 14.2. The lowest BCUT2D eigenvalue weighted by atomic mass is 10.2. The van der Waals surface area contributed by atoms with E-state index in [1.807, 2.05) is 30.3 Å². The standard InChI is InChI=1S/C18H22N2O4S/c1-14(2)20-25(22,23)17-10-6-7-15(13-17)18(21)19-11-12-24-16-8-4-3-5-9-16/h3-10,13-14,20H,11-12H2,1-2H3,(H,19,21). The van der Waals surface area contributed by atoms with E-state index in [1.54, 1.807) is 26.0 Å². The van der Waals surface area contributed by atoms with Crippen molar-refractivity contribution in [2.45, 2.75) is 24.8 Å². The molecule has 0 aliphatic heterocycles. The van der Waals surface area contributed by atoms with E-state index in [1.165, 1.54) is 12.1 Å². The Morgan fingerprint density at radius 1 is 1.08 bits per heavy atom. The van der Waals surface area contributed by atoms with Gasteiger partial charge in [0.15, 0.2) is 0 Å². The fraction of sp³-hybridized carbons (Fsp3) is 0.278. The Hall–Kier alpha value is -2.38. The third-order valence-corrected chi connectivity index (χ3v) is 4.85. The number of amides is 1. The van der Waals surface area contributed by atoms with Crippen LogP contribution in [0.2, 0.25) is 0 Å². The van der Waals surface area contributed by atoms with Gasteiger partial charge in [-0.15, -0.1) is 0 Å². The molecule has 0 unspecified atom stereocenters. The molecule has 7 heteroatoms. The highest BCUT2D eigenvalue weighted by Gasteiger charge is 2.17. The average Bonchev–Trinajstić information content (AvgIpc) is 2.58. The molecule has 0 radical (unpaired) electrons. The maximum Gasteiger partial charge on any atom is 0.251 e. The Kier molecular flexibility index (Phi) is 6.55. The van der Waals surface area contributed by atoms with Gasteiger partial charge in [0.2, 0.25) is 10.0 Å². The number of sulfonamides is 1. The zero-order chi connectivity index (χ0) is 18.3. The largest absolute Gasteiger partial charge is 0.492 e. The summed E-state index contributed by atoms with van der Waals surface area (Å²) in [6.07, 6.45) is 0. The number of para-hydroxylation sites is 1. The molecule has 0 saturated carbocycles. The second-order valence-corrected chi connectivity index (χ2v) is 7.44. The van der Waals surface area contributed by atoms with Crippen molar-refractivity contribution in [3.05, 3.63) is 60.2 Å². The summed E-state index contributed by atoms with van der Waals surface area (Å²) in [6, 6.07) is 15.0.